The van der Waals surface area contributed by atoms with Crippen LogP contribution in [-0.4, -0.2) is 35.9 Å². The molecule has 0 saturated heterocycles. The van der Waals surface area contributed by atoms with Crippen LogP contribution in [0.15, 0.2) is 4.99 Å². The van der Waals surface area contributed by atoms with Crippen LogP contribution in [0.3, 0.4) is 0 Å². The van der Waals surface area contributed by atoms with E-state index < -0.39 is 0 Å². The minimum absolute atomic E-state index is 0.000817. The summed E-state index contributed by atoms with van der Waals surface area (Å²) in [5.41, 5.74) is 0. The minimum Gasteiger partial charge on any atom is -0.347 e. The molecule has 0 rings (SSSR count). The number of carbonyl (C=O) groups excluding carboxylic acids is 3. The van der Waals surface area contributed by atoms with Crippen molar-refractivity contribution in [1.29, 1.82) is 0 Å². The number of hydrogen-bond donors (Lipinski definition) is 1. The lowest BCUT2D eigenvalue weighted by Gasteiger charge is -2.03. The Bertz CT molecular complexity index is 288. The summed E-state index contributed by atoms with van der Waals surface area (Å²) in [5, 5.41) is 2.58. The second kappa shape index (κ2) is 11.4. The Labute approximate surface area is 105 Å². The number of carbonyl (C=O) groups is 2. The molecule has 6 heteroatoms. The number of nitrogens with one attached hydrogen (secondary N) is 1. The Morgan fingerprint density at radius 1 is 1.24 bits per heavy atom. The Morgan fingerprint density at radius 3 is 2.59 bits per heavy atom. The first kappa shape index (κ1) is 15.9. The van der Waals surface area contributed by atoms with Crippen molar-refractivity contribution in [2.24, 2.45) is 4.99 Å². The minimum atomic E-state index is -0.147. The van der Waals surface area contributed by atoms with Crippen LogP contribution < -0.4 is 5.32 Å². The maximum absolute atomic E-state index is 11.2. The van der Waals surface area contributed by atoms with E-state index in [1.807, 2.05) is 0 Å². The summed E-state index contributed by atoms with van der Waals surface area (Å²) < 4.78 is 0. The number of aliphatic imine (C=N–C) groups is 1. The Kier molecular flexibility index (Phi) is 10.6. The van der Waals surface area contributed by atoms with Gasteiger partial charge in [-0.2, -0.15) is 0 Å². The molecule has 0 unspecified atom stereocenters. The standard InChI is InChI=1S/C11H18N2O3S/c1-10(15)8-17-11(16)13-7-5-3-2-4-6-12-9-14/h2-8H2,1H3,(H,13,16). The fourth-order valence-electron chi connectivity index (χ4n) is 1.12. The third kappa shape index (κ3) is 12.8. The summed E-state index contributed by atoms with van der Waals surface area (Å²) in [4.78, 5) is 35.0. The van der Waals surface area contributed by atoms with E-state index >= 15 is 0 Å². The van der Waals surface area contributed by atoms with Crippen LogP contribution >= 0.6 is 11.8 Å². The van der Waals surface area contributed by atoms with Gasteiger partial charge in [-0.25, -0.2) is 9.79 Å². The molecule has 17 heavy (non-hydrogen) atoms. The molecule has 5 nitrogen and oxygen atoms in total. The van der Waals surface area contributed by atoms with Gasteiger partial charge in [-0.05, 0) is 19.8 Å². The highest BCUT2D eigenvalue weighted by Gasteiger charge is 2.02. The van der Waals surface area contributed by atoms with Gasteiger partial charge in [0.05, 0.1) is 12.3 Å². The molecule has 0 aromatic heterocycles. The number of rotatable bonds is 9. The Hall–Kier alpha value is -1.13. The van der Waals surface area contributed by atoms with E-state index in [1.165, 1.54) is 13.0 Å². The second-order valence-electron chi connectivity index (χ2n) is 3.59. The molecule has 0 saturated carbocycles. The number of ketones is 1. The predicted molar refractivity (Wildman–Crippen MR) is 68.0 cm³/mol. The number of unbranched alkanes of at least 4 members (excludes halogenated alkanes) is 3. The molecule has 0 aromatic rings. The third-order valence-electron chi connectivity index (χ3n) is 1.94. The Morgan fingerprint density at radius 2 is 1.94 bits per heavy atom. The number of nitrogens with zero attached hydrogens (tertiary/aromatic N) is 1. The highest BCUT2D eigenvalue weighted by Crippen LogP contribution is 2.02. The molecule has 1 N–H and O–H groups in total. The van der Waals surface area contributed by atoms with Crippen LogP contribution in [0.4, 0.5) is 4.79 Å². The summed E-state index contributed by atoms with van der Waals surface area (Å²) >= 11 is 1.00. The first-order chi connectivity index (χ1) is 8.16. The maximum Gasteiger partial charge on any atom is 0.279 e. The topological polar surface area (TPSA) is 75.6 Å². The molecule has 0 aliphatic rings. The number of isocyanates is 1. The fraction of sp³-hybridized carbons (Fsp3) is 0.727. The molecule has 0 aromatic carbocycles. The van der Waals surface area contributed by atoms with Gasteiger partial charge in [0.15, 0.2) is 0 Å². The first-order valence-electron chi connectivity index (χ1n) is 5.60. The zero-order chi connectivity index (χ0) is 12.9. The normalized spacial score (nSPS) is 9.47. The van der Waals surface area contributed by atoms with E-state index in [2.05, 4.69) is 10.3 Å². The highest BCUT2D eigenvalue weighted by atomic mass is 32.2. The number of thioether (sulfide) groups is 1. The lowest BCUT2D eigenvalue weighted by atomic mass is 10.2. The van der Waals surface area contributed by atoms with E-state index in [1.54, 1.807) is 0 Å². The van der Waals surface area contributed by atoms with Crippen molar-refractivity contribution in [2.45, 2.75) is 32.6 Å². The summed E-state index contributed by atoms with van der Waals surface area (Å²) in [6.45, 7) is 2.62. The third-order valence-corrected chi connectivity index (χ3v) is 2.89. The smallest absolute Gasteiger partial charge is 0.279 e. The molecule has 0 radical (unpaired) electrons. The van der Waals surface area contributed by atoms with Gasteiger partial charge in [0.1, 0.15) is 5.78 Å². The maximum atomic E-state index is 11.2. The van der Waals surface area contributed by atoms with Crippen molar-refractivity contribution < 1.29 is 14.4 Å². The van der Waals surface area contributed by atoms with Gasteiger partial charge in [-0.1, -0.05) is 24.6 Å². The molecule has 0 aliphatic heterocycles. The largest absolute Gasteiger partial charge is 0.347 e. The zero-order valence-corrected chi connectivity index (χ0v) is 10.8. The quantitative estimate of drug-likeness (QED) is 0.389. The number of Topliss-reactive ketones (excluding diaryl/α,β-unsaturated/α-hetero) is 1. The van der Waals surface area contributed by atoms with Crippen molar-refractivity contribution >= 4 is 28.9 Å². The molecule has 0 aliphatic carbocycles. The molecular formula is C11H18N2O3S. The summed E-state index contributed by atoms with van der Waals surface area (Å²) in [7, 11) is 0. The van der Waals surface area contributed by atoms with Crippen LogP contribution in [0, 0.1) is 0 Å². The molecule has 0 bridgehead atoms. The van der Waals surface area contributed by atoms with Gasteiger partial charge in [0.2, 0.25) is 6.08 Å². The fourth-order valence-corrected chi connectivity index (χ4v) is 1.66. The van der Waals surface area contributed by atoms with Crippen LogP contribution in [0.1, 0.15) is 32.6 Å². The average molecular weight is 258 g/mol. The van der Waals surface area contributed by atoms with Crippen LogP contribution in [0.2, 0.25) is 0 Å². The lowest BCUT2D eigenvalue weighted by Crippen LogP contribution is -2.20. The van der Waals surface area contributed by atoms with E-state index in [4.69, 9.17) is 0 Å². The molecular weight excluding hydrogens is 240 g/mol. The van der Waals surface area contributed by atoms with Crippen molar-refractivity contribution in [3.63, 3.8) is 0 Å². The van der Waals surface area contributed by atoms with Gasteiger partial charge in [-0.15, -0.1) is 0 Å². The van der Waals surface area contributed by atoms with Crippen molar-refractivity contribution in [1.82, 2.24) is 5.32 Å². The van der Waals surface area contributed by atoms with Crippen molar-refractivity contribution in [3.8, 4) is 0 Å². The number of hydrogen-bond acceptors (Lipinski definition) is 5. The van der Waals surface area contributed by atoms with E-state index in [0.29, 0.717) is 13.1 Å². The monoisotopic (exact) mass is 258 g/mol. The molecule has 96 valence electrons. The van der Waals surface area contributed by atoms with Gasteiger partial charge < -0.3 is 5.32 Å². The van der Waals surface area contributed by atoms with Gasteiger partial charge in [-0.3, -0.25) is 9.59 Å². The van der Waals surface area contributed by atoms with Crippen molar-refractivity contribution in [3.05, 3.63) is 0 Å². The summed E-state index contributed by atoms with van der Waals surface area (Å²) in [6, 6.07) is 0. The van der Waals surface area contributed by atoms with Crippen molar-refractivity contribution in [2.75, 3.05) is 18.8 Å². The molecule has 1 amide bonds. The molecule has 0 heterocycles. The Balaban J connectivity index is 3.24. The van der Waals surface area contributed by atoms with Crippen LogP contribution in [-0.2, 0) is 9.59 Å². The summed E-state index contributed by atoms with van der Waals surface area (Å²) in [5.74, 6) is 0.232. The molecule has 0 spiro atoms. The number of amides is 1. The summed E-state index contributed by atoms with van der Waals surface area (Å²) in [6.07, 6.45) is 5.25. The van der Waals surface area contributed by atoms with E-state index in [-0.39, 0.29) is 16.8 Å². The molecule has 0 fully saturated rings. The van der Waals surface area contributed by atoms with E-state index in [0.717, 1.165) is 37.4 Å². The lowest BCUT2D eigenvalue weighted by molar-refractivity contribution is -0.114. The van der Waals surface area contributed by atoms with Crippen LogP contribution in [0.5, 0.6) is 0 Å². The predicted octanol–water partition coefficient (Wildman–Crippen LogP) is 1.91. The zero-order valence-electron chi connectivity index (χ0n) is 10.0. The second-order valence-corrected chi connectivity index (χ2v) is 4.54. The molecule has 0 atom stereocenters. The van der Waals surface area contributed by atoms with Gasteiger partial charge in [0.25, 0.3) is 5.24 Å². The van der Waals surface area contributed by atoms with Gasteiger partial charge in [0, 0.05) is 6.54 Å². The average Bonchev–Trinajstić information content (AvgIpc) is 2.30. The van der Waals surface area contributed by atoms with Gasteiger partial charge >= 0.3 is 0 Å². The first-order valence-corrected chi connectivity index (χ1v) is 6.59. The van der Waals surface area contributed by atoms with E-state index in [9.17, 15) is 14.4 Å². The highest BCUT2D eigenvalue weighted by molar-refractivity contribution is 8.14. The SMILES string of the molecule is CC(=O)CSC(=O)NCCCCCCN=C=O. The van der Waals surface area contributed by atoms with Crippen LogP contribution in [0.25, 0.3) is 0 Å².